The van der Waals surface area contributed by atoms with Gasteiger partial charge in [-0.25, -0.2) is 9.97 Å². The van der Waals surface area contributed by atoms with Gasteiger partial charge in [0.05, 0.1) is 5.75 Å². The van der Waals surface area contributed by atoms with Crippen molar-refractivity contribution < 1.29 is 9.59 Å². The summed E-state index contributed by atoms with van der Waals surface area (Å²) in [5.74, 6) is -0.452. The molecule has 24 heavy (non-hydrogen) atoms. The van der Waals surface area contributed by atoms with Gasteiger partial charge in [0.2, 0.25) is 11.8 Å². The molecule has 2 N–H and O–H groups in total. The lowest BCUT2D eigenvalue weighted by molar-refractivity contribution is -0.126. The van der Waals surface area contributed by atoms with Gasteiger partial charge in [0, 0.05) is 17.2 Å². The number of aromatic nitrogens is 2. The average Bonchev–Trinajstić information content (AvgIpc) is 3.03. The standard InChI is InChI=1S/C16H14N4O2S2/c1-10(21)19-20-14(22)8-23-15-12-7-13(11-5-3-2-4-6-11)24-16(12)18-9-17-15/h2-7,9H,8H2,1H3,(H,19,21)(H,20,22). The molecule has 0 bridgehead atoms. The number of benzene rings is 1. The third-order valence-electron chi connectivity index (χ3n) is 3.07. The van der Waals surface area contributed by atoms with Gasteiger partial charge < -0.3 is 0 Å². The fourth-order valence-electron chi connectivity index (χ4n) is 2.02. The molecule has 1 aromatic carbocycles. The minimum absolute atomic E-state index is 0.156. The first-order valence-electron chi connectivity index (χ1n) is 7.11. The summed E-state index contributed by atoms with van der Waals surface area (Å²) in [6.07, 6.45) is 1.50. The van der Waals surface area contributed by atoms with E-state index in [1.54, 1.807) is 11.3 Å². The van der Waals surface area contributed by atoms with Crippen molar-refractivity contribution in [3.63, 3.8) is 0 Å². The van der Waals surface area contributed by atoms with E-state index in [1.165, 1.54) is 25.0 Å². The Hall–Kier alpha value is -2.45. The van der Waals surface area contributed by atoms with Crippen molar-refractivity contribution >= 4 is 45.1 Å². The van der Waals surface area contributed by atoms with Crippen LogP contribution in [0.3, 0.4) is 0 Å². The van der Waals surface area contributed by atoms with Gasteiger partial charge in [0.15, 0.2) is 0 Å². The number of carbonyl (C=O) groups excluding carboxylic acids is 2. The highest BCUT2D eigenvalue weighted by Crippen LogP contribution is 2.35. The third-order valence-corrected chi connectivity index (χ3v) is 5.17. The Labute approximate surface area is 146 Å². The number of nitrogens with one attached hydrogen (secondary N) is 2. The number of carbonyl (C=O) groups is 2. The minimum Gasteiger partial charge on any atom is -0.274 e. The molecule has 0 unspecified atom stereocenters. The SMILES string of the molecule is CC(=O)NNC(=O)CSc1ncnc2sc(-c3ccccc3)cc12. The van der Waals surface area contributed by atoms with Crippen molar-refractivity contribution in [1.82, 2.24) is 20.8 Å². The predicted octanol–water partition coefficient (Wildman–Crippen LogP) is 2.62. The van der Waals surface area contributed by atoms with Crippen molar-refractivity contribution in [3.05, 3.63) is 42.7 Å². The van der Waals surface area contributed by atoms with E-state index in [4.69, 9.17) is 0 Å². The summed E-state index contributed by atoms with van der Waals surface area (Å²) in [5, 5.41) is 1.68. The second-order valence-corrected chi connectivity index (χ2v) is 6.89. The molecule has 0 saturated heterocycles. The Morgan fingerprint density at radius 1 is 1.17 bits per heavy atom. The average molecular weight is 358 g/mol. The molecular formula is C16H14N4O2S2. The fourth-order valence-corrected chi connectivity index (χ4v) is 3.86. The van der Waals surface area contributed by atoms with E-state index >= 15 is 0 Å². The zero-order chi connectivity index (χ0) is 16.9. The monoisotopic (exact) mass is 358 g/mol. The number of hydrogen-bond donors (Lipinski definition) is 2. The van der Waals surface area contributed by atoms with Crippen LogP contribution in [-0.4, -0.2) is 27.5 Å². The molecular weight excluding hydrogens is 344 g/mol. The molecule has 0 saturated carbocycles. The van der Waals surface area contributed by atoms with E-state index in [0.717, 1.165) is 25.7 Å². The Balaban J connectivity index is 1.78. The topological polar surface area (TPSA) is 84.0 Å². The van der Waals surface area contributed by atoms with E-state index in [-0.39, 0.29) is 17.6 Å². The first-order chi connectivity index (χ1) is 11.6. The highest BCUT2D eigenvalue weighted by atomic mass is 32.2. The maximum absolute atomic E-state index is 11.7. The highest BCUT2D eigenvalue weighted by molar-refractivity contribution is 8.00. The molecule has 2 amide bonds. The first kappa shape index (κ1) is 16.4. The molecule has 2 aromatic heterocycles. The molecule has 3 rings (SSSR count). The fraction of sp³-hybridized carbons (Fsp3) is 0.125. The second kappa shape index (κ2) is 7.41. The Morgan fingerprint density at radius 3 is 2.71 bits per heavy atom. The van der Waals surface area contributed by atoms with Gasteiger partial charge in [-0.2, -0.15) is 0 Å². The highest BCUT2D eigenvalue weighted by Gasteiger charge is 2.12. The van der Waals surface area contributed by atoms with Crippen LogP contribution in [-0.2, 0) is 9.59 Å². The number of fused-ring (bicyclic) bond motifs is 1. The lowest BCUT2D eigenvalue weighted by Crippen LogP contribution is -2.41. The van der Waals surface area contributed by atoms with E-state index in [9.17, 15) is 9.59 Å². The Morgan fingerprint density at radius 2 is 1.96 bits per heavy atom. The molecule has 0 aliphatic heterocycles. The third kappa shape index (κ3) is 3.90. The van der Waals surface area contributed by atoms with Crippen LogP contribution in [0.15, 0.2) is 47.8 Å². The molecule has 0 aliphatic rings. The van der Waals surface area contributed by atoms with Crippen molar-refractivity contribution in [3.8, 4) is 10.4 Å². The summed E-state index contributed by atoms with van der Waals surface area (Å²) in [4.78, 5) is 33.1. The van der Waals surface area contributed by atoms with Gasteiger partial charge in [-0.15, -0.1) is 11.3 Å². The molecule has 0 radical (unpaired) electrons. The van der Waals surface area contributed by atoms with E-state index < -0.39 is 0 Å². The summed E-state index contributed by atoms with van der Waals surface area (Å²) in [6, 6.07) is 12.1. The summed E-state index contributed by atoms with van der Waals surface area (Å²) in [7, 11) is 0. The summed E-state index contributed by atoms with van der Waals surface area (Å²) >= 11 is 2.90. The van der Waals surface area contributed by atoms with Crippen LogP contribution in [0.2, 0.25) is 0 Å². The van der Waals surface area contributed by atoms with Crippen LogP contribution in [0.25, 0.3) is 20.7 Å². The van der Waals surface area contributed by atoms with Crippen LogP contribution in [0.1, 0.15) is 6.92 Å². The van der Waals surface area contributed by atoms with Crippen molar-refractivity contribution in [2.75, 3.05) is 5.75 Å². The smallest absolute Gasteiger partial charge is 0.248 e. The zero-order valence-corrected chi connectivity index (χ0v) is 14.4. The number of nitrogens with zero attached hydrogens (tertiary/aromatic N) is 2. The van der Waals surface area contributed by atoms with Gasteiger partial charge in [-0.1, -0.05) is 42.1 Å². The van der Waals surface area contributed by atoms with E-state index in [2.05, 4.69) is 20.8 Å². The van der Waals surface area contributed by atoms with Gasteiger partial charge >= 0.3 is 0 Å². The molecule has 2 heterocycles. The van der Waals surface area contributed by atoms with Crippen molar-refractivity contribution in [1.29, 1.82) is 0 Å². The predicted molar refractivity (Wildman–Crippen MR) is 95.5 cm³/mol. The Bertz CT molecular complexity index is 880. The normalized spacial score (nSPS) is 10.5. The minimum atomic E-state index is -0.317. The number of hydrogen-bond acceptors (Lipinski definition) is 6. The number of thiophene rings is 1. The van der Waals surface area contributed by atoms with Gasteiger partial charge in [-0.05, 0) is 11.6 Å². The maximum Gasteiger partial charge on any atom is 0.248 e. The lowest BCUT2D eigenvalue weighted by Gasteiger charge is -2.04. The number of thioether (sulfide) groups is 1. The quantitative estimate of drug-likeness (QED) is 0.425. The van der Waals surface area contributed by atoms with Gasteiger partial charge in [-0.3, -0.25) is 20.4 Å². The molecule has 0 fully saturated rings. The van der Waals surface area contributed by atoms with E-state index in [1.807, 2.05) is 36.4 Å². The van der Waals surface area contributed by atoms with E-state index in [0.29, 0.717) is 0 Å². The van der Waals surface area contributed by atoms with Crippen LogP contribution >= 0.6 is 23.1 Å². The second-order valence-electron chi connectivity index (χ2n) is 4.89. The van der Waals surface area contributed by atoms with Gasteiger partial charge in [0.25, 0.3) is 0 Å². The maximum atomic E-state index is 11.7. The zero-order valence-electron chi connectivity index (χ0n) is 12.8. The summed E-state index contributed by atoms with van der Waals surface area (Å²) in [5.41, 5.74) is 5.72. The molecule has 3 aromatic rings. The molecule has 0 atom stereocenters. The lowest BCUT2D eigenvalue weighted by atomic mass is 10.2. The molecule has 0 aliphatic carbocycles. The first-order valence-corrected chi connectivity index (χ1v) is 8.92. The van der Waals surface area contributed by atoms with Gasteiger partial charge in [0.1, 0.15) is 16.2 Å². The number of hydrazine groups is 1. The number of amides is 2. The molecule has 0 spiro atoms. The molecule has 6 nitrogen and oxygen atoms in total. The van der Waals surface area contributed by atoms with Crippen LogP contribution in [0.5, 0.6) is 0 Å². The van der Waals surface area contributed by atoms with Crippen molar-refractivity contribution in [2.24, 2.45) is 0 Å². The number of rotatable bonds is 4. The largest absolute Gasteiger partial charge is 0.274 e. The van der Waals surface area contributed by atoms with Crippen LogP contribution in [0.4, 0.5) is 0 Å². The van der Waals surface area contributed by atoms with Crippen LogP contribution < -0.4 is 10.9 Å². The molecule has 122 valence electrons. The Kier molecular flexibility index (Phi) is 5.07. The van der Waals surface area contributed by atoms with Crippen LogP contribution in [0, 0.1) is 0 Å². The summed E-state index contributed by atoms with van der Waals surface area (Å²) in [6.45, 7) is 1.33. The summed E-state index contributed by atoms with van der Waals surface area (Å²) < 4.78 is 0. The molecule has 8 heteroatoms. The van der Waals surface area contributed by atoms with Crippen molar-refractivity contribution in [2.45, 2.75) is 11.9 Å².